The normalized spacial score (nSPS) is 29.7. The number of halogens is 3. The van der Waals surface area contributed by atoms with E-state index in [2.05, 4.69) is 15.9 Å². The summed E-state index contributed by atoms with van der Waals surface area (Å²) in [6.45, 7) is 0. The van der Waals surface area contributed by atoms with E-state index in [0.29, 0.717) is 11.8 Å². The van der Waals surface area contributed by atoms with Crippen LogP contribution in [0, 0.1) is 0 Å². The zero-order valence-corrected chi connectivity index (χ0v) is 9.71. The molecule has 0 heterocycles. The van der Waals surface area contributed by atoms with Gasteiger partial charge in [-0.25, -0.2) is 0 Å². The smallest absolute Gasteiger partial charge is 0.164 e. The fraction of sp³-hybridized carbons (Fsp3) is 0.500. The highest BCUT2D eigenvalue weighted by Crippen LogP contribution is 2.34. The Bertz CT molecular complexity index is 237. The molecule has 68 valence electrons. The highest BCUT2D eigenvalue weighted by atomic mass is 79.9. The third-order valence-corrected chi connectivity index (χ3v) is 3.16. The first-order valence-corrected chi connectivity index (χ1v) is 5.37. The fourth-order valence-electron chi connectivity index (χ4n) is 0.993. The molecule has 1 aliphatic carbocycles. The van der Waals surface area contributed by atoms with E-state index in [9.17, 15) is 0 Å². The van der Waals surface area contributed by atoms with Crippen LogP contribution in [0.25, 0.3) is 0 Å². The quantitative estimate of drug-likeness (QED) is 0.700. The van der Waals surface area contributed by atoms with Crippen LogP contribution in [0.2, 0.25) is 0 Å². The van der Waals surface area contributed by atoms with Crippen LogP contribution in [0.1, 0.15) is 6.42 Å². The summed E-state index contributed by atoms with van der Waals surface area (Å²) in [5.41, 5.74) is 0.972. The van der Waals surface area contributed by atoms with E-state index in [1.807, 2.05) is 12.2 Å². The lowest BCUT2D eigenvalue weighted by molar-refractivity contribution is 0.105. The summed E-state index contributed by atoms with van der Waals surface area (Å²) in [5.74, 6) is 0. The van der Waals surface area contributed by atoms with Gasteiger partial charge in [0, 0.05) is 23.9 Å². The van der Waals surface area contributed by atoms with Crippen molar-refractivity contribution in [3.05, 3.63) is 22.8 Å². The van der Waals surface area contributed by atoms with Gasteiger partial charge >= 0.3 is 0 Å². The summed E-state index contributed by atoms with van der Waals surface area (Å²) >= 11 is 15.3. The fourth-order valence-corrected chi connectivity index (χ4v) is 2.03. The first-order chi connectivity index (χ1) is 5.61. The molecule has 1 aliphatic rings. The average Bonchev–Trinajstić information content (AvgIpc) is 2.10. The van der Waals surface area contributed by atoms with Crippen molar-refractivity contribution in [2.24, 2.45) is 0 Å². The Balaban J connectivity index is 2.87. The van der Waals surface area contributed by atoms with Gasteiger partial charge in [0.1, 0.15) is 0 Å². The molecule has 0 bridgehead atoms. The lowest BCUT2D eigenvalue weighted by Crippen LogP contribution is -2.23. The van der Waals surface area contributed by atoms with Crippen LogP contribution in [0.15, 0.2) is 22.8 Å². The van der Waals surface area contributed by atoms with Gasteiger partial charge in [0.15, 0.2) is 5.06 Å². The molecular weight excluding hydrogens is 263 g/mol. The Morgan fingerprint density at radius 2 is 2.42 bits per heavy atom. The Labute approximate surface area is 90.5 Å². The van der Waals surface area contributed by atoms with E-state index in [1.165, 1.54) is 0 Å². The van der Waals surface area contributed by atoms with Gasteiger partial charge in [-0.15, -0.1) is 0 Å². The maximum Gasteiger partial charge on any atom is 0.164 e. The monoisotopic (exact) mass is 270 g/mol. The van der Waals surface area contributed by atoms with E-state index >= 15 is 0 Å². The van der Waals surface area contributed by atoms with Gasteiger partial charge in [-0.3, -0.25) is 0 Å². The van der Waals surface area contributed by atoms with Gasteiger partial charge in [-0.2, -0.15) is 0 Å². The number of alkyl halides is 2. The van der Waals surface area contributed by atoms with Gasteiger partial charge in [-0.1, -0.05) is 45.2 Å². The van der Waals surface area contributed by atoms with Crippen molar-refractivity contribution in [3.63, 3.8) is 0 Å². The van der Waals surface area contributed by atoms with Crippen molar-refractivity contribution in [2.45, 2.75) is 11.5 Å². The topological polar surface area (TPSA) is 9.23 Å². The standard InChI is InChI=1S/C8H9BrCl2O/c1-12-8(11)3-2-7(10)6(4-8)5-9/h2,4H,3,5H2,1H3. The number of ether oxygens (including phenoxy) is 1. The SMILES string of the molecule is COC1(Cl)C=C(CBr)C(Cl)=CC1. The zero-order chi connectivity index (χ0) is 9.19. The molecule has 0 amide bonds. The van der Waals surface area contributed by atoms with Crippen LogP contribution in [-0.2, 0) is 4.74 Å². The van der Waals surface area contributed by atoms with Gasteiger partial charge in [0.25, 0.3) is 0 Å². The number of hydrogen-bond donors (Lipinski definition) is 0. The molecular formula is C8H9BrCl2O. The molecule has 0 N–H and O–H groups in total. The summed E-state index contributed by atoms with van der Waals surface area (Å²) in [6.07, 6.45) is 4.32. The first kappa shape index (κ1) is 10.6. The van der Waals surface area contributed by atoms with Crippen LogP contribution in [0.5, 0.6) is 0 Å². The summed E-state index contributed by atoms with van der Waals surface area (Å²) in [7, 11) is 1.59. The van der Waals surface area contributed by atoms with E-state index in [0.717, 1.165) is 10.6 Å². The molecule has 0 aromatic carbocycles. The second-order valence-electron chi connectivity index (χ2n) is 2.55. The van der Waals surface area contributed by atoms with E-state index < -0.39 is 5.06 Å². The Kier molecular flexibility index (Phi) is 3.65. The minimum absolute atomic E-state index is 0.611. The van der Waals surface area contributed by atoms with Crippen molar-refractivity contribution < 1.29 is 4.74 Å². The van der Waals surface area contributed by atoms with Crippen LogP contribution < -0.4 is 0 Å². The summed E-state index contributed by atoms with van der Waals surface area (Å²) in [4.78, 5) is 0. The van der Waals surface area contributed by atoms with Gasteiger partial charge in [0.05, 0.1) is 0 Å². The Morgan fingerprint density at radius 1 is 1.75 bits per heavy atom. The van der Waals surface area contributed by atoms with Crippen molar-refractivity contribution in [2.75, 3.05) is 12.4 Å². The predicted molar refractivity (Wildman–Crippen MR) is 56.0 cm³/mol. The molecule has 0 aliphatic heterocycles. The molecule has 0 radical (unpaired) electrons. The molecule has 1 rings (SSSR count). The second kappa shape index (κ2) is 4.14. The zero-order valence-electron chi connectivity index (χ0n) is 6.61. The molecule has 0 saturated heterocycles. The van der Waals surface area contributed by atoms with Crippen molar-refractivity contribution >= 4 is 39.1 Å². The number of hydrogen-bond acceptors (Lipinski definition) is 1. The minimum Gasteiger partial charge on any atom is -0.359 e. The predicted octanol–water partition coefficient (Wildman–Crippen LogP) is 3.42. The second-order valence-corrected chi connectivity index (χ2v) is 4.16. The molecule has 1 nitrogen and oxygen atoms in total. The van der Waals surface area contributed by atoms with Crippen molar-refractivity contribution in [1.82, 2.24) is 0 Å². The van der Waals surface area contributed by atoms with Crippen LogP contribution in [0.3, 0.4) is 0 Å². The maximum atomic E-state index is 6.08. The molecule has 1 atom stereocenters. The largest absolute Gasteiger partial charge is 0.359 e. The third kappa shape index (κ3) is 2.25. The summed E-state index contributed by atoms with van der Waals surface area (Å²) in [5, 5.41) is 0.738. The Morgan fingerprint density at radius 3 is 2.92 bits per heavy atom. The molecule has 4 heteroatoms. The summed E-state index contributed by atoms with van der Waals surface area (Å²) < 4.78 is 5.12. The van der Waals surface area contributed by atoms with Crippen molar-refractivity contribution in [3.8, 4) is 0 Å². The molecule has 0 fully saturated rings. The molecule has 1 unspecified atom stereocenters. The lowest BCUT2D eigenvalue weighted by Gasteiger charge is -2.25. The van der Waals surface area contributed by atoms with E-state index in [-0.39, 0.29) is 0 Å². The first-order valence-electron chi connectivity index (χ1n) is 3.49. The van der Waals surface area contributed by atoms with Gasteiger partial charge in [0.2, 0.25) is 0 Å². The molecule has 0 saturated carbocycles. The number of methoxy groups -OCH3 is 1. The maximum absolute atomic E-state index is 6.08. The molecule has 0 aromatic heterocycles. The summed E-state index contributed by atoms with van der Waals surface area (Å²) in [6, 6.07) is 0. The van der Waals surface area contributed by atoms with E-state index in [1.54, 1.807) is 7.11 Å². The number of rotatable bonds is 2. The Hall–Kier alpha value is 0.500. The lowest BCUT2D eigenvalue weighted by atomic mass is 10.1. The highest BCUT2D eigenvalue weighted by Gasteiger charge is 2.27. The minimum atomic E-state index is -0.707. The molecule has 0 spiro atoms. The molecule has 12 heavy (non-hydrogen) atoms. The van der Waals surface area contributed by atoms with Crippen molar-refractivity contribution in [1.29, 1.82) is 0 Å². The number of allylic oxidation sites excluding steroid dienone is 2. The third-order valence-electron chi connectivity index (χ3n) is 1.74. The highest BCUT2D eigenvalue weighted by molar-refractivity contribution is 9.09. The average molecular weight is 272 g/mol. The van der Waals surface area contributed by atoms with Crippen LogP contribution in [-0.4, -0.2) is 17.5 Å². The van der Waals surface area contributed by atoms with Crippen LogP contribution in [0.4, 0.5) is 0 Å². The van der Waals surface area contributed by atoms with Gasteiger partial charge in [-0.05, 0) is 11.6 Å². The van der Waals surface area contributed by atoms with Gasteiger partial charge < -0.3 is 4.74 Å². The molecule has 0 aromatic rings. The van der Waals surface area contributed by atoms with Crippen LogP contribution >= 0.6 is 39.1 Å². The van der Waals surface area contributed by atoms with E-state index in [4.69, 9.17) is 27.9 Å².